The fourth-order valence-corrected chi connectivity index (χ4v) is 2.21. The average molecular weight is 341 g/mol. The third kappa shape index (κ3) is 5.53. The van der Waals surface area contributed by atoms with Crippen molar-refractivity contribution in [3.8, 4) is 5.75 Å². The highest BCUT2D eigenvalue weighted by molar-refractivity contribution is 6.05. The van der Waals surface area contributed by atoms with Crippen LogP contribution < -0.4 is 20.7 Å². The highest BCUT2D eigenvalue weighted by Crippen LogP contribution is 2.23. The van der Waals surface area contributed by atoms with Crippen LogP contribution in [-0.4, -0.2) is 25.1 Å². The first-order valence-corrected chi connectivity index (χ1v) is 8.07. The van der Waals surface area contributed by atoms with Gasteiger partial charge in [-0.05, 0) is 43.7 Å². The number of para-hydroxylation sites is 2. The Hall–Kier alpha value is -3.02. The van der Waals surface area contributed by atoms with Gasteiger partial charge >= 0.3 is 6.03 Å². The zero-order chi connectivity index (χ0) is 18.2. The molecule has 3 amide bonds. The number of urea groups is 1. The van der Waals surface area contributed by atoms with Gasteiger partial charge in [0.15, 0.2) is 0 Å². The van der Waals surface area contributed by atoms with E-state index in [0.717, 1.165) is 5.56 Å². The third-order valence-electron chi connectivity index (χ3n) is 3.44. The van der Waals surface area contributed by atoms with E-state index in [2.05, 4.69) is 16.0 Å². The molecule has 2 aromatic carbocycles. The number of amides is 3. The first kappa shape index (κ1) is 18.3. The lowest BCUT2D eigenvalue weighted by molar-refractivity contribution is 0.102. The number of nitrogens with one attached hydrogen (secondary N) is 3. The molecule has 25 heavy (non-hydrogen) atoms. The minimum Gasteiger partial charge on any atom is -0.495 e. The number of anilines is 1. The first-order valence-electron chi connectivity index (χ1n) is 8.07. The first-order chi connectivity index (χ1) is 12.0. The molecule has 0 aromatic heterocycles. The molecule has 0 atom stereocenters. The quantitative estimate of drug-likeness (QED) is 0.755. The van der Waals surface area contributed by atoms with Crippen LogP contribution in [0.5, 0.6) is 5.75 Å². The Labute approximate surface area is 147 Å². The van der Waals surface area contributed by atoms with Crippen molar-refractivity contribution in [1.29, 1.82) is 0 Å². The van der Waals surface area contributed by atoms with Gasteiger partial charge in [0, 0.05) is 18.2 Å². The van der Waals surface area contributed by atoms with Crippen LogP contribution >= 0.6 is 0 Å². The van der Waals surface area contributed by atoms with E-state index in [1.54, 1.807) is 31.4 Å². The van der Waals surface area contributed by atoms with Gasteiger partial charge in [-0.1, -0.05) is 24.3 Å². The summed E-state index contributed by atoms with van der Waals surface area (Å²) >= 11 is 0. The van der Waals surface area contributed by atoms with Gasteiger partial charge in [-0.2, -0.15) is 0 Å². The number of carbonyl (C=O) groups excluding carboxylic acids is 2. The molecule has 0 heterocycles. The van der Waals surface area contributed by atoms with E-state index >= 15 is 0 Å². The number of ether oxygens (including phenoxy) is 1. The number of benzene rings is 2. The molecule has 3 N–H and O–H groups in total. The largest absolute Gasteiger partial charge is 0.495 e. The Morgan fingerprint density at radius 3 is 2.36 bits per heavy atom. The third-order valence-corrected chi connectivity index (χ3v) is 3.44. The van der Waals surface area contributed by atoms with E-state index in [9.17, 15) is 9.59 Å². The fraction of sp³-hybridized carbons (Fsp3) is 0.263. The highest BCUT2D eigenvalue weighted by atomic mass is 16.5. The van der Waals surface area contributed by atoms with E-state index in [1.807, 2.05) is 38.1 Å². The van der Waals surface area contributed by atoms with Crippen molar-refractivity contribution < 1.29 is 14.3 Å². The Bertz CT molecular complexity index is 727. The molecule has 2 aromatic rings. The maximum atomic E-state index is 12.3. The summed E-state index contributed by atoms with van der Waals surface area (Å²) in [7, 11) is 1.56. The van der Waals surface area contributed by atoms with Crippen LogP contribution in [0.2, 0.25) is 0 Å². The monoisotopic (exact) mass is 341 g/mol. The van der Waals surface area contributed by atoms with Crippen molar-refractivity contribution in [2.24, 2.45) is 0 Å². The van der Waals surface area contributed by atoms with Gasteiger partial charge in [0.2, 0.25) is 0 Å². The van der Waals surface area contributed by atoms with Crippen molar-refractivity contribution in [2.45, 2.75) is 26.4 Å². The van der Waals surface area contributed by atoms with Crippen LogP contribution in [0.3, 0.4) is 0 Å². The number of hydrogen-bond donors (Lipinski definition) is 3. The minimum absolute atomic E-state index is 0.0843. The van der Waals surface area contributed by atoms with E-state index in [1.165, 1.54) is 0 Å². The van der Waals surface area contributed by atoms with Crippen LogP contribution in [0.15, 0.2) is 48.5 Å². The van der Waals surface area contributed by atoms with Gasteiger partial charge in [0.05, 0.1) is 12.8 Å². The Kier molecular flexibility index (Phi) is 6.39. The van der Waals surface area contributed by atoms with Gasteiger partial charge in [-0.15, -0.1) is 0 Å². The van der Waals surface area contributed by atoms with Crippen LogP contribution in [-0.2, 0) is 6.54 Å². The van der Waals surface area contributed by atoms with E-state index in [0.29, 0.717) is 23.5 Å². The van der Waals surface area contributed by atoms with E-state index in [-0.39, 0.29) is 18.0 Å². The molecule has 0 radical (unpaired) electrons. The van der Waals surface area contributed by atoms with Crippen LogP contribution in [0.4, 0.5) is 10.5 Å². The van der Waals surface area contributed by atoms with Gasteiger partial charge in [-0.3, -0.25) is 4.79 Å². The minimum atomic E-state index is -0.221. The smallest absolute Gasteiger partial charge is 0.315 e. The lowest BCUT2D eigenvalue weighted by atomic mass is 10.1. The van der Waals surface area contributed by atoms with E-state index < -0.39 is 0 Å². The summed E-state index contributed by atoms with van der Waals surface area (Å²) in [6, 6.07) is 14.2. The van der Waals surface area contributed by atoms with Crippen molar-refractivity contribution >= 4 is 17.6 Å². The number of rotatable bonds is 6. The molecule has 0 aliphatic rings. The molecule has 0 aliphatic carbocycles. The van der Waals surface area contributed by atoms with E-state index in [4.69, 9.17) is 4.74 Å². The second-order valence-electron chi connectivity index (χ2n) is 5.83. The standard InChI is InChI=1S/C19H23N3O3/c1-13(2)21-19(24)20-12-14-8-10-15(11-9-14)18(23)22-16-6-4-5-7-17(16)25-3/h4-11,13H,12H2,1-3H3,(H,22,23)(H2,20,21,24). The summed E-state index contributed by atoms with van der Waals surface area (Å²) < 4.78 is 5.22. The molecule has 0 fully saturated rings. The highest BCUT2D eigenvalue weighted by Gasteiger charge is 2.09. The zero-order valence-electron chi connectivity index (χ0n) is 14.6. The van der Waals surface area contributed by atoms with Crippen molar-refractivity contribution in [3.63, 3.8) is 0 Å². The van der Waals surface area contributed by atoms with Crippen molar-refractivity contribution in [2.75, 3.05) is 12.4 Å². The predicted octanol–water partition coefficient (Wildman–Crippen LogP) is 3.16. The molecule has 132 valence electrons. The maximum Gasteiger partial charge on any atom is 0.315 e. The summed E-state index contributed by atoms with van der Waals surface area (Å²) in [5.74, 6) is 0.384. The lowest BCUT2D eigenvalue weighted by Crippen LogP contribution is -2.39. The summed E-state index contributed by atoms with van der Waals surface area (Å²) in [4.78, 5) is 23.9. The van der Waals surface area contributed by atoms with Crippen LogP contribution in [0.25, 0.3) is 0 Å². The summed E-state index contributed by atoms with van der Waals surface area (Å²) in [5.41, 5.74) is 2.06. The maximum absolute atomic E-state index is 12.3. The van der Waals surface area contributed by atoms with Crippen molar-refractivity contribution in [1.82, 2.24) is 10.6 Å². The van der Waals surface area contributed by atoms with Crippen molar-refractivity contribution in [3.05, 3.63) is 59.7 Å². The molecule has 0 saturated carbocycles. The van der Waals surface area contributed by atoms with Gasteiger partial charge in [0.25, 0.3) is 5.91 Å². The lowest BCUT2D eigenvalue weighted by Gasteiger charge is -2.11. The molecule has 6 nitrogen and oxygen atoms in total. The number of carbonyl (C=O) groups is 2. The fourth-order valence-electron chi connectivity index (χ4n) is 2.21. The molecular formula is C19H23N3O3. The SMILES string of the molecule is COc1ccccc1NC(=O)c1ccc(CNC(=O)NC(C)C)cc1. The molecule has 0 unspecified atom stereocenters. The molecule has 6 heteroatoms. The molecule has 0 spiro atoms. The second-order valence-corrected chi connectivity index (χ2v) is 5.83. The van der Waals surface area contributed by atoms with Gasteiger partial charge in [0.1, 0.15) is 5.75 Å². The topological polar surface area (TPSA) is 79.5 Å². The number of methoxy groups -OCH3 is 1. The molecule has 0 aliphatic heterocycles. The van der Waals surface area contributed by atoms with Crippen LogP contribution in [0.1, 0.15) is 29.8 Å². The summed E-state index contributed by atoms with van der Waals surface area (Å²) in [6.45, 7) is 4.19. The Morgan fingerprint density at radius 1 is 1.04 bits per heavy atom. The predicted molar refractivity (Wildman–Crippen MR) is 97.9 cm³/mol. The normalized spacial score (nSPS) is 10.2. The molecule has 0 bridgehead atoms. The second kappa shape index (κ2) is 8.73. The summed E-state index contributed by atoms with van der Waals surface area (Å²) in [5, 5.41) is 8.35. The van der Waals surface area contributed by atoms with Crippen LogP contribution in [0, 0.1) is 0 Å². The molecule has 0 saturated heterocycles. The molecular weight excluding hydrogens is 318 g/mol. The number of hydrogen-bond acceptors (Lipinski definition) is 3. The summed E-state index contributed by atoms with van der Waals surface area (Å²) in [6.07, 6.45) is 0. The van der Waals surface area contributed by atoms with Gasteiger partial charge in [-0.25, -0.2) is 4.79 Å². The molecule has 2 rings (SSSR count). The Balaban J connectivity index is 1.95. The average Bonchev–Trinajstić information content (AvgIpc) is 2.60. The Morgan fingerprint density at radius 2 is 1.72 bits per heavy atom. The zero-order valence-corrected chi connectivity index (χ0v) is 14.6. The van der Waals surface area contributed by atoms with Gasteiger partial charge < -0.3 is 20.7 Å².